The number of nitrogens with one attached hydrogen (secondary N) is 1. The number of carboxylic acids is 1. The smallest absolute Gasteiger partial charge is 0.407 e. The van der Waals surface area contributed by atoms with Crippen molar-refractivity contribution in [1.29, 1.82) is 0 Å². The molecule has 0 radical (unpaired) electrons. The van der Waals surface area contributed by atoms with Crippen molar-refractivity contribution < 1.29 is 28.2 Å². The molecule has 0 saturated carbocycles. The highest BCUT2D eigenvalue weighted by molar-refractivity contribution is 5.68. The van der Waals surface area contributed by atoms with Gasteiger partial charge in [0.05, 0.1) is 6.42 Å². The van der Waals surface area contributed by atoms with E-state index >= 15 is 0 Å². The minimum Gasteiger partial charge on any atom is -0.481 e. The largest absolute Gasteiger partial charge is 0.481 e. The van der Waals surface area contributed by atoms with Crippen molar-refractivity contribution in [2.75, 3.05) is 6.54 Å². The maximum atomic E-state index is 12.4. The Morgan fingerprint density at radius 2 is 1.88 bits per heavy atom. The Hall–Kier alpha value is -1.40. The molecule has 1 unspecified atom stereocenters. The molecule has 0 aromatic rings. The minimum atomic E-state index is -2.80. The topological polar surface area (TPSA) is 75.6 Å². The number of ether oxygens (including phenoxy) is 1. The number of carboxylic acid groups (broad SMARTS) is 1. The van der Waals surface area contributed by atoms with E-state index < -0.39 is 43.0 Å². The van der Waals surface area contributed by atoms with Crippen LogP contribution in [-0.2, 0) is 9.53 Å². The summed E-state index contributed by atoms with van der Waals surface area (Å²) in [7, 11) is 0. The molecule has 0 aliphatic heterocycles. The van der Waals surface area contributed by atoms with Gasteiger partial charge in [0.15, 0.2) is 0 Å². The number of carbonyl (C=O) groups is 2. The highest BCUT2D eigenvalue weighted by Crippen LogP contribution is 2.13. The molecule has 0 aliphatic carbocycles. The number of alkyl carbamates (subject to hydrolysis) is 1. The second-order valence-corrected chi connectivity index (χ2v) is 4.58. The van der Waals surface area contributed by atoms with Crippen molar-refractivity contribution in [3.05, 3.63) is 0 Å². The first-order valence-corrected chi connectivity index (χ1v) is 5.08. The maximum absolute atomic E-state index is 12.4. The van der Waals surface area contributed by atoms with Crippen LogP contribution in [0.3, 0.4) is 0 Å². The van der Waals surface area contributed by atoms with Gasteiger partial charge in [-0.2, -0.15) is 0 Å². The van der Waals surface area contributed by atoms with Crippen LogP contribution in [-0.4, -0.2) is 35.7 Å². The molecule has 0 heterocycles. The Morgan fingerprint density at radius 3 is 2.24 bits per heavy atom. The molecule has 1 atom stereocenters. The molecule has 5 nitrogen and oxygen atoms in total. The molecule has 0 fully saturated rings. The van der Waals surface area contributed by atoms with E-state index in [1.807, 2.05) is 0 Å². The van der Waals surface area contributed by atoms with Crippen LogP contribution in [0.5, 0.6) is 0 Å². The van der Waals surface area contributed by atoms with Gasteiger partial charge in [0, 0.05) is 12.5 Å². The first-order chi connectivity index (χ1) is 7.61. The number of aliphatic carboxylic acids is 1. The Balaban J connectivity index is 4.13. The summed E-state index contributed by atoms with van der Waals surface area (Å²) in [5.74, 6) is -2.75. The monoisotopic (exact) mass is 253 g/mol. The number of halogens is 2. The summed E-state index contributed by atoms with van der Waals surface area (Å²) < 4.78 is 29.6. The fourth-order valence-corrected chi connectivity index (χ4v) is 1.00. The molecule has 0 spiro atoms. The van der Waals surface area contributed by atoms with E-state index in [1.54, 1.807) is 20.8 Å². The third kappa shape index (κ3) is 8.41. The number of amides is 1. The van der Waals surface area contributed by atoms with E-state index in [9.17, 15) is 18.4 Å². The Bertz CT molecular complexity index is 276. The quantitative estimate of drug-likeness (QED) is 0.784. The summed E-state index contributed by atoms with van der Waals surface area (Å²) in [6, 6.07) is 0. The van der Waals surface area contributed by atoms with Crippen LogP contribution < -0.4 is 5.32 Å². The van der Waals surface area contributed by atoms with E-state index in [-0.39, 0.29) is 0 Å². The third-order valence-corrected chi connectivity index (χ3v) is 1.70. The molecule has 2 N–H and O–H groups in total. The van der Waals surface area contributed by atoms with Gasteiger partial charge in [0.1, 0.15) is 5.60 Å². The minimum absolute atomic E-state index is 0.432. The van der Waals surface area contributed by atoms with Crippen molar-refractivity contribution in [1.82, 2.24) is 5.32 Å². The molecule has 7 heteroatoms. The first-order valence-electron chi connectivity index (χ1n) is 5.08. The summed E-state index contributed by atoms with van der Waals surface area (Å²) >= 11 is 0. The molecule has 100 valence electrons. The molecule has 17 heavy (non-hydrogen) atoms. The van der Waals surface area contributed by atoms with Gasteiger partial charge in [0.25, 0.3) is 0 Å². The lowest BCUT2D eigenvalue weighted by atomic mass is 10.1. The number of hydrogen-bond donors (Lipinski definition) is 2. The van der Waals surface area contributed by atoms with Gasteiger partial charge in [-0.25, -0.2) is 13.6 Å². The second-order valence-electron chi connectivity index (χ2n) is 4.58. The zero-order valence-electron chi connectivity index (χ0n) is 10.00. The number of rotatable bonds is 5. The van der Waals surface area contributed by atoms with Crippen molar-refractivity contribution in [3.8, 4) is 0 Å². The lowest BCUT2D eigenvalue weighted by Crippen LogP contribution is -2.37. The summed E-state index contributed by atoms with van der Waals surface area (Å²) in [6.07, 6.45) is -4.34. The van der Waals surface area contributed by atoms with Crippen molar-refractivity contribution in [3.63, 3.8) is 0 Å². The number of alkyl halides is 2. The summed E-state index contributed by atoms with van der Waals surface area (Å²) in [5, 5.41) is 10.5. The fourth-order valence-electron chi connectivity index (χ4n) is 1.00. The van der Waals surface area contributed by atoms with Crippen molar-refractivity contribution in [2.45, 2.75) is 39.2 Å². The van der Waals surface area contributed by atoms with Crippen LogP contribution in [0, 0.1) is 5.92 Å². The Labute approximate surface area is 98.1 Å². The van der Waals surface area contributed by atoms with E-state index in [0.717, 1.165) is 0 Å². The average molecular weight is 253 g/mol. The van der Waals surface area contributed by atoms with Crippen LogP contribution >= 0.6 is 0 Å². The normalized spacial score (nSPS) is 13.3. The SMILES string of the molecule is CC(C)(C)OC(=O)NCC(CC(=O)O)C(F)F. The second kappa shape index (κ2) is 6.36. The van der Waals surface area contributed by atoms with Gasteiger partial charge in [-0.05, 0) is 20.8 Å². The molecule has 0 saturated heterocycles. The van der Waals surface area contributed by atoms with Gasteiger partial charge >= 0.3 is 12.1 Å². The highest BCUT2D eigenvalue weighted by atomic mass is 19.3. The third-order valence-electron chi connectivity index (χ3n) is 1.70. The standard InChI is InChI=1S/C10H17F2NO4/c1-10(2,3)17-9(16)13-5-6(8(11)12)4-7(14)15/h6,8H,4-5H2,1-3H3,(H,13,16)(H,14,15). The van der Waals surface area contributed by atoms with Gasteiger partial charge in [-0.1, -0.05) is 0 Å². The van der Waals surface area contributed by atoms with Gasteiger partial charge < -0.3 is 15.2 Å². The summed E-state index contributed by atoms with van der Waals surface area (Å²) in [6.45, 7) is 4.47. The Morgan fingerprint density at radius 1 is 1.35 bits per heavy atom. The summed E-state index contributed by atoms with van der Waals surface area (Å²) in [4.78, 5) is 21.5. The van der Waals surface area contributed by atoms with E-state index in [2.05, 4.69) is 5.32 Å². The molecule has 0 rings (SSSR count). The van der Waals surface area contributed by atoms with E-state index in [4.69, 9.17) is 9.84 Å². The van der Waals surface area contributed by atoms with Gasteiger partial charge in [-0.15, -0.1) is 0 Å². The fraction of sp³-hybridized carbons (Fsp3) is 0.800. The highest BCUT2D eigenvalue weighted by Gasteiger charge is 2.25. The van der Waals surface area contributed by atoms with Gasteiger partial charge in [-0.3, -0.25) is 4.79 Å². The van der Waals surface area contributed by atoms with E-state index in [0.29, 0.717) is 0 Å². The van der Waals surface area contributed by atoms with Crippen LogP contribution in [0.4, 0.5) is 13.6 Å². The average Bonchev–Trinajstić information content (AvgIpc) is 2.08. The van der Waals surface area contributed by atoms with E-state index in [1.165, 1.54) is 0 Å². The van der Waals surface area contributed by atoms with Crippen LogP contribution in [0.1, 0.15) is 27.2 Å². The number of hydrogen-bond acceptors (Lipinski definition) is 3. The summed E-state index contributed by atoms with van der Waals surface area (Å²) in [5.41, 5.74) is -0.725. The van der Waals surface area contributed by atoms with Crippen LogP contribution in [0.2, 0.25) is 0 Å². The van der Waals surface area contributed by atoms with Crippen LogP contribution in [0.25, 0.3) is 0 Å². The predicted molar refractivity (Wildman–Crippen MR) is 56.0 cm³/mol. The molecule has 1 amide bonds. The number of carbonyl (C=O) groups excluding carboxylic acids is 1. The predicted octanol–water partition coefficient (Wildman–Crippen LogP) is 1.87. The molecule has 0 aliphatic rings. The van der Waals surface area contributed by atoms with Gasteiger partial charge in [0.2, 0.25) is 6.43 Å². The maximum Gasteiger partial charge on any atom is 0.407 e. The zero-order chi connectivity index (χ0) is 13.6. The first kappa shape index (κ1) is 15.6. The van der Waals surface area contributed by atoms with Crippen molar-refractivity contribution in [2.24, 2.45) is 5.92 Å². The molecule has 0 aromatic carbocycles. The zero-order valence-corrected chi connectivity index (χ0v) is 10.00. The lowest BCUT2D eigenvalue weighted by Gasteiger charge is -2.21. The molecular formula is C10H17F2NO4. The Kier molecular flexibility index (Phi) is 5.84. The van der Waals surface area contributed by atoms with Crippen LogP contribution in [0.15, 0.2) is 0 Å². The molecule has 0 aromatic heterocycles. The van der Waals surface area contributed by atoms with Crippen molar-refractivity contribution >= 4 is 12.1 Å². The molecule has 0 bridgehead atoms. The lowest BCUT2D eigenvalue weighted by molar-refractivity contribution is -0.139. The molecular weight excluding hydrogens is 236 g/mol.